The molecule has 2 aliphatic carbocycles. The van der Waals surface area contributed by atoms with Crippen LogP contribution in [0.1, 0.15) is 120 Å². The molecule has 0 N–H and O–H groups in total. The van der Waals surface area contributed by atoms with Crippen LogP contribution in [0.3, 0.4) is 0 Å². The van der Waals surface area contributed by atoms with Crippen molar-refractivity contribution in [3.8, 4) is 0 Å². The minimum absolute atomic E-state index is 0.515. The van der Waals surface area contributed by atoms with Crippen LogP contribution in [0, 0.1) is 17.3 Å². The molecule has 0 bridgehead atoms. The first-order valence-corrected chi connectivity index (χ1v) is 10.7. The minimum atomic E-state index is 0.515. The predicted octanol–water partition coefficient (Wildman–Crippen LogP) is 8.56. The molecule has 2 atom stereocenters. The van der Waals surface area contributed by atoms with E-state index in [1.807, 2.05) is 25.0 Å². The molecule has 23 heavy (non-hydrogen) atoms. The highest BCUT2D eigenvalue weighted by molar-refractivity contribution is 5.27. The molecule has 0 aliphatic heterocycles. The molecule has 0 heterocycles. The standard InChI is InChI=1S/C15H26.C6H14.C2H6/c1-5-12-10-14-13(9-11(12)2)7-6-8-15(14,3)4;1-3-5-6-4-2;1-2/h11-12H,5-10H2,1-4H3;3-6H2,1-2H3;1-2H3. The Morgan fingerprint density at radius 2 is 1.52 bits per heavy atom. The van der Waals surface area contributed by atoms with Crippen molar-refractivity contribution in [1.29, 1.82) is 0 Å². The van der Waals surface area contributed by atoms with Gasteiger partial charge in [0.05, 0.1) is 0 Å². The largest absolute Gasteiger partial charge is 0.0702 e. The Bertz CT molecular complexity index is 317. The molecule has 0 aromatic rings. The summed E-state index contributed by atoms with van der Waals surface area (Å²) in [6, 6.07) is 0. The Hall–Kier alpha value is -0.260. The molecule has 0 radical (unpaired) electrons. The van der Waals surface area contributed by atoms with Crippen molar-refractivity contribution in [2.75, 3.05) is 0 Å². The van der Waals surface area contributed by atoms with Gasteiger partial charge in [0.1, 0.15) is 0 Å². The third kappa shape index (κ3) is 7.44. The van der Waals surface area contributed by atoms with E-state index in [0.29, 0.717) is 5.41 Å². The monoisotopic (exact) mass is 322 g/mol. The molecular weight excluding hydrogens is 276 g/mol. The van der Waals surface area contributed by atoms with Crippen molar-refractivity contribution >= 4 is 0 Å². The van der Waals surface area contributed by atoms with Crippen molar-refractivity contribution in [2.45, 2.75) is 120 Å². The Balaban J connectivity index is 0.000000515. The van der Waals surface area contributed by atoms with Gasteiger partial charge in [0.2, 0.25) is 0 Å². The molecule has 0 aromatic heterocycles. The number of allylic oxidation sites excluding steroid dienone is 2. The zero-order chi connectivity index (χ0) is 17.9. The lowest BCUT2D eigenvalue weighted by molar-refractivity contribution is 0.252. The van der Waals surface area contributed by atoms with Crippen molar-refractivity contribution in [2.24, 2.45) is 17.3 Å². The maximum absolute atomic E-state index is 2.46. The fraction of sp³-hybridized carbons (Fsp3) is 0.913. The van der Waals surface area contributed by atoms with Crippen LogP contribution in [0.2, 0.25) is 0 Å². The average Bonchev–Trinajstić information content (AvgIpc) is 2.54. The zero-order valence-electron chi connectivity index (χ0n) is 17.7. The molecule has 0 saturated heterocycles. The van der Waals surface area contributed by atoms with E-state index >= 15 is 0 Å². The van der Waals surface area contributed by atoms with Crippen LogP contribution >= 0.6 is 0 Å². The first-order chi connectivity index (χ1) is 11.0. The van der Waals surface area contributed by atoms with Gasteiger partial charge in [-0.1, -0.05) is 98.6 Å². The topological polar surface area (TPSA) is 0 Å². The van der Waals surface area contributed by atoms with Gasteiger partial charge >= 0.3 is 0 Å². The van der Waals surface area contributed by atoms with Gasteiger partial charge in [-0.2, -0.15) is 0 Å². The van der Waals surface area contributed by atoms with Gasteiger partial charge in [-0.15, -0.1) is 0 Å². The van der Waals surface area contributed by atoms with E-state index in [9.17, 15) is 0 Å². The van der Waals surface area contributed by atoms with Gasteiger partial charge in [0.25, 0.3) is 0 Å². The molecular formula is C23H46. The molecule has 0 spiro atoms. The van der Waals surface area contributed by atoms with Crippen molar-refractivity contribution in [3.63, 3.8) is 0 Å². The van der Waals surface area contributed by atoms with E-state index in [1.165, 1.54) is 64.2 Å². The van der Waals surface area contributed by atoms with Gasteiger partial charge in [-0.3, -0.25) is 0 Å². The van der Waals surface area contributed by atoms with Gasteiger partial charge in [-0.05, 0) is 49.4 Å². The predicted molar refractivity (Wildman–Crippen MR) is 108 cm³/mol. The summed E-state index contributed by atoms with van der Waals surface area (Å²) in [4.78, 5) is 0. The summed E-state index contributed by atoms with van der Waals surface area (Å²) in [6.07, 6.45) is 13.9. The zero-order valence-corrected chi connectivity index (χ0v) is 17.7. The van der Waals surface area contributed by atoms with Crippen LogP contribution in [0.15, 0.2) is 11.1 Å². The molecule has 0 amide bonds. The lowest BCUT2D eigenvalue weighted by Crippen LogP contribution is -2.29. The number of unbranched alkanes of at least 4 members (excludes halogenated alkanes) is 3. The van der Waals surface area contributed by atoms with Gasteiger partial charge in [0, 0.05) is 0 Å². The molecule has 138 valence electrons. The number of rotatable bonds is 4. The van der Waals surface area contributed by atoms with E-state index in [2.05, 4.69) is 41.5 Å². The van der Waals surface area contributed by atoms with Crippen LogP contribution in [0.25, 0.3) is 0 Å². The lowest BCUT2D eigenvalue weighted by Gasteiger charge is -2.42. The van der Waals surface area contributed by atoms with Gasteiger partial charge in [-0.25, -0.2) is 0 Å². The maximum atomic E-state index is 2.46. The Kier molecular flexibility index (Phi) is 12.0. The van der Waals surface area contributed by atoms with Crippen LogP contribution < -0.4 is 0 Å². The van der Waals surface area contributed by atoms with E-state index in [-0.39, 0.29) is 0 Å². The van der Waals surface area contributed by atoms with E-state index in [0.717, 1.165) is 11.8 Å². The molecule has 2 unspecified atom stereocenters. The number of hydrogen-bond donors (Lipinski definition) is 0. The molecule has 2 aliphatic rings. The Morgan fingerprint density at radius 3 is 2.00 bits per heavy atom. The van der Waals surface area contributed by atoms with Crippen LogP contribution in [-0.2, 0) is 0 Å². The molecule has 2 rings (SSSR count). The number of hydrogen-bond acceptors (Lipinski definition) is 0. The fourth-order valence-electron chi connectivity index (χ4n) is 4.24. The average molecular weight is 323 g/mol. The highest BCUT2D eigenvalue weighted by atomic mass is 14.4. The first-order valence-electron chi connectivity index (χ1n) is 10.7. The van der Waals surface area contributed by atoms with Gasteiger partial charge < -0.3 is 0 Å². The smallest absolute Gasteiger partial charge is 0.0142 e. The summed E-state index contributed by atoms with van der Waals surface area (Å²) >= 11 is 0. The molecule has 0 nitrogen and oxygen atoms in total. The summed E-state index contributed by atoms with van der Waals surface area (Å²) in [7, 11) is 0. The fourth-order valence-corrected chi connectivity index (χ4v) is 4.24. The van der Waals surface area contributed by atoms with Crippen molar-refractivity contribution in [1.82, 2.24) is 0 Å². The highest BCUT2D eigenvalue weighted by Gasteiger charge is 2.35. The third-order valence-electron chi connectivity index (χ3n) is 5.84. The summed E-state index contributed by atoms with van der Waals surface area (Å²) in [5.41, 5.74) is 4.20. The first kappa shape index (κ1) is 22.7. The SMILES string of the molecule is CC.CCC1CC2=C(CCCC2(C)C)CC1C.CCCCCC. The summed E-state index contributed by atoms with van der Waals surface area (Å²) in [5, 5.41) is 0. The molecule has 0 heteroatoms. The van der Waals surface area contributed by atoms with Crippen LogP contribution in [-0.4, -0.2) is 0 Å². The molecule has 0 saturated carbocycles. The van der Waals surface area contributed by atoms with E-state index in [1.54, 1.807) is 0 Å². The highest BCUT2D eigenvalue weighted by Crippen LogP contribution is 2.49. The van der Waals surface area contributed by atoms with E-state index < -0.39 is 0 Å². The third-order valence-corrected chi connectivity index (χ3v) is 5.84. The Morgan fingerprint density at radius 1 is 0.957 bits per heavy atom. The summed E-state index contributed by atoms with van der Waals surface area (Å²) < 4.78 is 0. The quantitative estimate of drug-likeness (QED) is 0.359. The summed E-state index contributed by atoms with van der Waals surface area (Å²) in [5.74, 6) is 1.89. The molecule has 0 fully saturated rings. The van der Waals surface area contributed by atoms with Crippen LogP contribution in [0.5, 0.6) is 0 Å². The normalized spacial score (nSPS) is 25.6. The Labute approximate surface area is 148 Å². The lowest BCUT2D eigenvalue weighted by atomic mass is 9.63. The minimum Gasteiger partial charge on any atom is -0.0702 e. The second-order valence-corrected chi connectivity index (χ2v) is 8.08. The summed E-state index contributed by atoms with van der Waals surface area (Å²) in [6.45, 7) is 18.2. The van der Waals surface area contributed by atoms with E-state index in [4.69, 9.17) is 0 Å². The van der Waals surface area contributed by atoms with Crippen molar-refractivity contribution in [3.05, 3.63) is 11.1 Å². The molecule has 0 aromatic carbocycles. The second kappa shape index (κ2) is 12.2. The van der Waals surface area contributed by atoms with Crippen molar-refractivity contribution < 1.29 is 0 Å². The maximum Gasteiger partial charge on any atom is -0.0142 e. The van der Waals surface area contributed by atoms with Gasteiger partial charge in [0.15, 0.2) is 0 Å². The second-order valence-electron chi connectivity index (χ2n) is 8.08. The van der Waals surface area contributed by atoms with Crippen LogP contribution in [0.4, 0.5) is 0 Å².